The fourth-order valence-corrected chi connectivity index (χ4v) is 2.50. The molecule has 1 nitrogen and oxygen atoms in total. The molecule has 0 amide bonds. The van der Waals surface area contributed by atoms with Crippen LogP contribution in [0.3, 0.4) is 0 Å². The van der Waals surface area contributed by atoms with Gasteiger partial charge in [0.15, 0.2) is 0 Å². The number of hydrogen-bond acceptors (Lipinski definition) is 1. The molecule has 0 aliphatic rings. The van der Waals surface area contributed by atoms with Crippen molar-refractivity contribution in [1.82, 2.24) is 4.98 Å². The van der Waals surface area contributed by atoms with E-state index in [-0.39, 0.29) is 0 Å². The van der Waals surface area contributed by atoms with Crippen molar-refractivity contribution in [3.05, 3.63) is 41.7 Å². The fourth-order valence-electron chi connectivity index (χ4n) is 2.50. The van der Waals surface area contributed by atoms with E-state index in [9.17, 15) is 0 Å². The lowest BCUT2D eigenvalue weighted by molar-refractivity contribution is 0.583. The summed E-state index contributed by atoms with van der Waals surface area (Å²) in [6.45, 7) is 9.09. The van der Waals surface area contributed by atoms with E-state index in [0.29, 0.717) is 5.92 Å². The zero-order chi connectivity index (χ0) is 13.8. The van der Waals surface area contributed by atoms with Crippen LogP contribution in [0.1, 0.15) is 45.4 Å². The minimum atomic E-state index is 0.702. The first kappa shape index (κ1) is 14.0. The molecular formula is C18H25N. The predicted octanol–water partition coefficient (Wildman–Crippen LogP) is 5.02. The summed E-state index contributed by atoms with van der Waals surface area (Å²) in [5.74, 6) is 1.43. The predicted molar refractivity (Wildman–Crippen MR) is 83.4 cm³/mol. The van der Waals surface area contributed by atoms with Crippen LogP contribution in [0.5, 0.6) is 0 Å². The van der Waals surface area contributed by atoms with Crippen molar-refractivity contribution >= 4 is 10.8 Å². The number of hydrogen-bond donors (Lipinski definition) is 0. The van der Waals surface area contributed by atoms with Gasteiger partial charge in [-0.1, -0.05) is 39.8 Å². The van der Waals surface area contributed by atoms with Crippen molar-refractivity contribution in [2.24, 2.45) is 11.8 Å². The van der Waals surface area contributed by atoms with Gasteiger partial charge in [-0.05, 0) is 54.2 Å². The van der Waals surface area contributed by atoms with E-state index in [2.05, 4.69) is 56.9 Å². The van der Waals surface area contributed by atoms with E-state index in [1.807, 2.05) is 6.20 Å². The second kappa shape index (κ2) is 6.18. The molecule has 0 aliphatic heterocycles. The Balaban J connectivity index is 2.34. The Kier molecular flexibility index (Phi) is 4.57. The van der Waals surface area contributed by atoms with Gasteiger partial charge in [-0.25, -0.2) is 0 Å². The maximum absolute atomic E-state index is 4.60. The summed E-state index contributed by atoms with van der Waals surface area (Å²) in [5.41, 5.74) is 2.69. The molecule has 102 valence electrons. The van der Waals surface area contributed by atoms with E-state index in [0.717, 1.165) is 18.8 Å². The summed E-state index contributed by atoms with van der Waals surface area (Å²) in [4.78, 5) is 4.60. The molecule has 2 aromatic rings. The lowest BCUT2D eigenvalue weighted by Crippen LogP contribution is -1.98. The standard InChI is InChI=1S/C18H25N/c1-13(2)5-8-18-17-12-15(11-14(3)4)6-7-16(17)9-10-19-18/h6-7,9-10,12-14H,5,8,11H2,1-4H3. The highest BCUT2D eigenvalue weighted by Gasteiger charge is 2.06. The molecule has 0 unspecified atom stereocenters. The Morgan fingerprint density at radius 1 is 1.00 bits per heavy atom. The summed E-state index contributed by atoms with van der Waals surface area (Å²) >= 11 is 0. The molecule has 1 aromatic carbocycles. The third kappa shape index (κ3) is 3.79. The van der Waals surface area contributed by atoms with Crippen LogP contribution >= 0.6 is 0 Å². The second-order valence-corrected chi connectivity index (χ2v) is 6.34. The quantitative estimate of drug-likeness (QED) is 0.731. The van der Waals surface area contributed by atoms with Crippen molar-refractivity contribution in [2.75, 3.05) is 0 Å². The number of benzene rings is 1. The van der Waals surface area contributed by atoms with Gasteiger partial charge in [0.05, 0.1) is 0 Å². The molecule has 0 saturated heterocycles. The van der Waals surface area contributed by atoms with Crippen molar-refractivity contribution in [3.8, 4) is 0 Å². The molecule has 0 spiro atoms. The summed E-state index contributed by atoms with van der Waals surface area (Å²) in [7, 11) is 0. The van der Waals surface area contributed by atoms with Crippen molar-refractivity contribution < 1.29 is 0 Å². The lowest BCUT2D eigenvalue weighted by Gasteiger charge is -2.10. The van der Waals surface area contributed by atoms with Gasteiger partial charge < -0.3 is 0 Å². The van der Waals surface area contributed by atoms with Gasteiger partial charge in [0, 0.05) is 17.3 Å². The Hall–Kier alpha value is -1.37. The second-order valence-electron chi connectivity index (χ2n) is 6.34. The summed E-state index contributed by atoms with van der Waals surface area (Å²) < 4.78 is 0. The Bertz CT molecular complexity index is 540. The molecule has 1 aromatic heterocycles. The van der Waals surface area contributed by atoms with Gasteiger partial charge in [-0.2, -0.15) is 0 Å². The van der Waals surface area contributed by atoms with Crippen LogP contribution in [-0.4, -0.2) is 4.98 Å². The van der Waals surface area contributed by atoms with Crippen LogP contribution in [0.15, 0.2) is 30.5 Å². The first-order valence-corrected chi connectivity index (χ1v) is 7.42. The van der Waals surface area contributed by atoms with Crippen LogP contribution in [0.25, 0.3) is 10.8 Å². The van der Waals surface area contributed by atoms with Crippen molar-refractivity contribution in [1.29, 1.82) is 0 Å². The van der Waals surface area contributed by atoms with Crippen LogP contribution in [-0.2, 0) is 12.8 Å². The first-order chi connectivity index (χ1) is 9.06. The number of aromatic nitrogens is 1. The largest absolute Gasteiger partial charge is 0.261 e. The van der Waals surface area contributed by atoms with Crippen molar-refractivity contribution in [2.45, 2.75) is 47.0 Å². The minimum absolute atomic E-state index is 0.702. The van der Waals surface area contributed by atoms with Crippen LogP contribution in [0.4, 0.5) is 0 Å². The number of rotatable bonds is 5. The molecule has 0 aliphatic carbocycles. The normalized spacial score (nSPS) is 11.7. The maximum Gasteiger partial charge on any atom is 0.0482 e. The molecule has 1 heteroatoms. The van der Waals surface area contributed by atoms with Crippen LogP contribution < -0.4 is 0 Å². The number of fused-ring (bicyclic) bond motifs is 1. The average Bonchev–Trinajstić information content (AvgIpc) is 2.35. The summed E-state index contributed by atoms with van der Waals surface area (Å²) in [6.07, 6.45) is 5.38. The van der Waals surface area contributed by atoms with E-state index in [4.69, 9.17) is 0 Å². The summed E-state index contributed by atoms with van der Waals surface area (Å²) in [5, 5.41) is 2.67. The van der Waals surface area contributed by atoms with Gasteiger partial charge in [0.1, 0.15) is 0 Å². The van der Waals surface area contributed by atoms with E-state index in [1.54, 1.807) is 0 Å². The van der Waals surface area contributed by atoms with Crippen LogP contribution in [0, 0.1) is 11.8 Å². The van der Waals surface area contributed by atoms with Gasteiger partial charge >= 0.3 is 0 Å². The number of nitrogens with zero attached hydrogens (tertiary/aromatic N) is 1. The third-order valence-corrected chi connectivity index (χ3v) is 3.52. The average molecular weight is 255 g/mol. The highest BCUT2D eigenvalue weighted by molar-refractivity contribution is 5.85. The maximum atomic E-state index is 4.60. The molecule has 0 radical (unpaired) electrons. The Labute approximate surface area is 117 Å². The molecule has 0 N–H and O–H groups in total. The first-order valence-electron chi connectivity index (χ1n) is 7.42. The minimum Gasteiger partial charge on any atom is -0.261 e. The van der Waals surface area contributed by atoms with Gasteiger partial charge in [0.25, 0.3) is 0 Å². The zero-order valence-electron chi connectivity index (χ0n) is 12.6. The molecule has 19 heavy (non-hydrogen) atoms. The molecular weight excluding hydrogens is 230 g/mol. The SMILES string of the molecule is CC(C)CCc1nccc2ccc(CC(C)C)cc12. The molecule has 2 rings (SSSR count). The van der Waals surface area contributed by atoms with E-state index in [1.165, 1.54) is 28.5 Å². The van der Waals surface area contributed by atoms with Crippen molar-refractivity contribution in [3.63, 3.8) is 0 Å². The lowest BCUT2D eigenvalue weighted by atomic mass is 9.97. The Morgan fingerprint density at radius 2 is 1.79 bits per heavy atom. The zero-order valence-corrected chi connectivity index (χ0v) is 12.6. The highest BCUT2D eigenvalue weighted by Crippen LogP contribution is 2.22. The Morgan fingerprint density at radius 3 is 2.47 bits per heavy atom. The number of pyridine rings is 1. The molecule has 0 atom stereocenters. The smallest absolute Gasteiger partial charge is 0.0482 e. The van der Waals surface area contributed by atoms with Gasteiger partial charge in [0.2, 0.25) is 0 Å². The monoisotopic (exact) mass is 255 g/mol. The van der Waals surface area contributed by atoms with Gasteiger partial charge in [-0.15, -0.1) is 0 Å². The topological polar surface area (TPSA) is 12.9 Å². The molecule has 0 saturated carbocycles. The summed E-state index contributed by atoms with van der Waals surface area (Å²) in [6, 6.07) is 8.97. The van der Waals surface area contributed by atoms with E-state index >= 15 is 0 Å². The molecule has 1 heterocycles. The van der Waals surface area contributed by atoms with E-state index < -0.39 is 0 Å². The number of aryl methyl sites for hydroxylation is 1. The highest BCUT2D eigenvalue weighted by atomic mass is 14.7. The van der Waals surface area contributed by atoms with Crippen LogP contribution in [0.2, 0.25) is 0 Å². The van der Waals surface area contributed by atoms with Gasteiger partial charge in [-0.3, -0.25) is 4.98 Å². The molecule has 0 bridgehead atoms. The fraction of sp³-hybridized carbons (Fsp3) is 0.500. The molecule has 0 fully saturated rings. The third-order valence-electron chi connectivity index (χ3n) is 3.52.